The molecule has 104 valence electrons. The van der Waals surface area contributed by atoms with Crippen LogP contribution in [0.2, 0.25) is 0 Å². The van der Waals surface area contributed by atoms with Crippen molar-refractivity contribution < 1.29 is 23.7 Å². The Kier molecular flexibility index (Phi) is 3.43. The summed E-state index contributed by atoms with van der Waals surface area (Å²) in [6, 6.07) is 5.63. The fraction of sp³-hybridized carbons (Fsp3) is 0.267. The lowest BCUT2D eigenvalue weighted by Gasteiger charge is -2.17. The van der Waals surface area contributed by atoms with E-state index in [9.17, 15) is 4.79 Å². The van der Waals surface area contributed by atoms with E-state index in [0.717, 1.165) is 17.1 Å². The maximum Gasteiger partial charge on any atom is 0.314 e. The number of rotatable bonds is 3. The van der Waals surface area contributed by atoms with Crippen molar-refractivity contribution in [1.29, 1.82) is 0 Å². The lowest BCUT2D eigenvalue weighted by Crippen LogP contribution is -2.21. The summed E-state index contributed by atoms with van der Waals surface area (Å²) in [7, 11) is 1.57. The minimum Gasteiger partial charge on any atom is -0.454 e. The van der Waals surface area contributed by atoms with Gasteiger partial charge in [-0.25, -0.2) is 0 Å². The van der Waals surface area contributed by atoms with Crippen molar-refractivity contribution in [2.45, 2.75) is 12.5 Å². The Hall–Kier alpha value is -2.27. The summed E-state index contributed by atoms with van der Waals surface area (Å²) in [4.78, 5) is 11.4. The van der Waals surface area contributed by atoms with Gasteiger partial charge in [0.25, 0.3) is 0 Å². The molecule has 0 N–H and O–H groups in total. The molecule has 0 amide bonds. The van der Waals surface area contributed by atoms with Crippen LogP contribution in [0.3, 0.4) is 0 Å². The normalized spacial score (nSPS) is 20.9. The zero-order valence-corrected chi connectivity index (χ0v) is 11.0. The maximum absolute atomic E-state index is 11.4. The number of methoxy groups -OCH3 is 1. The minimum absolute atomic E-state index is 0.229. The van der Waals surface area contributed by atoms with Gasteiger partial charge < -0.3 is 18.9 Å². The first-order valence-electron chi connectivity index (χ1n) is 6.27. The average molecular weight is 274 g/mol. The second-order valence-corrected chi connectivity index (χ2v) is 4.47. The van der Waals surface area contributed by atoms with E-state index in [4.69, 9.17) is 18.9 Å². The fourth-order valence-corrected chi connectivity index (χ4v) is 2.05. The summed E-state index contributed by atoms with van der Waals surface area (Å²) in [6.07, 6.45) is 5.38. The number of hydrogen-bond acceptors (Lipinski definition) is 5. The van der Waals surface area contributed by atoms with Gasteiger partial charge in [-0.1, -0.05) is 12.1 Å². The Morgan fingerprint density at radius 3 is 2.95 bits per heavy atom. The highest BCUT2D eigenvalue weighted by Gasteiger charge is 2.19. The smallest absolute Gasteiger partial charge is 0.314 e. The Morgan fingerprint density at radius 2 is 2.10 bits per heavy atom. The molecule has 0 aromatic heterocycles. The van der Waals surface area contributed by atoms with Crippen molar-refractivity contribution in [3.63, 3.8) is 0 Å². The molecule has 1 unspecified atom stereocenters. The minimum atomic E-state index is -0.287. The Morgan fingerprint density at radius 1 is 1.25 bits per heavy atom. The van der Waals surface area contributed by atoms with Crippen LogP contribution in [0.1, 0.15) is 12.0 Å². The van der Waals surface area contributed by atoms with Crippen molar-refractivity contribution in [2.24, 2.45) is 0 Å². The first kappa shape index (κ1) is 12.7. The molecule has 0 bridgehead atoms. The van der Waals surface area contributed by atoms with Gasteiger partial charge in [0.15, 0.2) is 11.5 Å². The Bertz CT molecular complexity index is 588. The first-order valence-corrected chi connectivity index (χ1v) is 6.27. The molecule has 0 saturated heterocycles. The fourth-order valence-electron chi connectivity index (χ4n) is 2.05. The molecule has 0 aliphatic carbocycles. The highest BCUT2D eigenvalue weighted by Crippen LogP contribution is 2.33. The topological polar surface area (TPSA) is 54.0 Å². The van der Waals surface area contributed by atoms with Gasteiger partial charge in [0.1, 0.15) is 5.76 Å². The molecule has 0 fully saturated rings. The van der Waals surface area contributed by atoms with Crippen molar-refractivity contribution in [3.8, 4) is 11.5 Å². The van der Waals surface area contributed by atoms with Crippen molar-refractivity contribution in [2.75, 3.05) is 13.9 Å². The van der Waals surface area contributed by atoms with Crippen LogP contribution in [0.15, 0.2) is 36.1 Å². The molecule has 2 aliphatic heterocycles. The summed E-state index contributed by atoms with van der Waals surface area (Å²) in [5, 5.41) is 0. The lowest BCUT2D eigenvalue weighted by atomic mass is 10.1. The van der Waals surface area contributed by atoms with Crippen molar-refractivity contribution >= 4 is 12.0 Å². The average Bonchev–Trinajstić information content (AvgIpc) is 2.92. The Labute approximate surface area is 116 Å². The third-order valence-corrected chi connectivity index (χ3v) is 3.09. The molecule has 20 heavy (non-hydrogen) atoms. The van der Waals surface area contributed by atoms with Crippen LogP contribution in [0.4, 0.5) is 0 Å². The summed E-state index contributed by atoms with van der Waals surface area (Å²) in [5.41, 5.74) is 0.936. The van der Waals surface area contributed by atoms with E-state index < -0.39 is 0 Å². The van der Waals surface area contributed by atoms with E-state index in [2.05, 4.69) is 0 Å². The number of benzene rings is 1. The van der Waals surface area contributed by atoms with Gasteiger partial charge in [0.05, 0.1) is 12.5 Å². The number of esters is 1. The van der Waals surface area contributed by atoms with Crippen LogP contribution < -0.4 is 9.47 Å². The molecule has 2 heterocycles. The number of carbonyl (C=O) groups is 1. The molecule has 0 spiro atoms. The number of fused-ring (bicyclic) bond motifs is 1. The van der Waals surface area contributed by atoms with E-state index >= 15 is 0 Å². The highest BCUT2D eigenvalue weighted by atomic mass is 16.7. The maximum atomic E-state index is 11.4. The molecule has 5 heteroatoms. The molecular formula is C15H14O5. The molecule has 1 atom stereocenters. The van der Waals surface area contributed by atoms with Gasteiger partial charge in [-0.05, 0) is 29.8 Å². The van der Waals surface area contributed by atoms with Gasteiger partial charge in [-0.3, -0.25) is 4.79 Å². The van der Waals surface area contributed by atoms with Gasteiger partial charge in [-0.15, -0.1) is 0 Å². The highest BCUT2D eigenvalue weighted by molar-refractivity contribution is 5.74. The molecule has 0 radical (unpaired) electrons. The molecular weight excluding hydrogens is 260 g/mol. The number of cyclic esters (lactones) is 1. The zero-order valence-electron chi connectivity index (χ0n) is 11.0. The van der Waals surface area contributed by atoms with Crippen LogP contribution >= 0.6 is 0 Å². The van der Waals surface area contributed by atoms with E-state index in [-0.39, 0.29) is 25.3 Å². The van der Waals surface area contributed by atoms with Gasteiger partial charge >= 0.3 is 5.97 Å². The van der Waals surface area contributed by atoms with E-state index in [1.807, 2.05) is 24.3 Å². The zero-order chi connectivity index (χ0) is 13.9. The second-order valence-electron chi connectivity index (χ2n) is 4.47. The number of ether oxygens (including phenoxy) is 4. The van der Waals surface area contributed by atoms with Gasteiger partial charge in [0.2, 0.25) is 6.79 Å². The molecule has 1 aromatic carbocycles. The van der Waals surface area contributed by atoms with Crippen LogP contribution in [-0.4, -0.2) is 26.0 Å². The molecule has 1 aromatic rings. The first-order chi connectivity index (χ1) is 9.74. The number of hydrogen-bond donors (Lipinski definition) is 0. The van der Waals surface area contributed by atoms with Gasteiger partial charge in [0, 0.05) is 7.11 Å². The van der Waals surface area contributed by atoms with Crippen LogP contribution in [-0.2, 0) is 14.3 Å². The standard InChI is InChI=1S/C15H14O5/c1-17-12-7-11(20-15(16)8-12)4-2-10-3-5-13-14(6-10)19-9-18-13/h2-7,12H,8-9H2,1H3. The number of carbonyl (C=O) groups excluding carboxylic acids is 1. The van der Waals surface area contributed by atoms with Crippen LogP contribution in [0.5, 0.6) is 11.5 Å². The summed E-state index contributed by atoms with van der Waals surface area (Å²) < 4.78 is 20.8. The molecule has 3 rings (SSSR count). The molecule has 0 saturated carbocycles. The summed E-state index contributed by atoms with van der Waals surface area (Å²) in [6.45, 7) is 0.251. The van der Waals surface area contributed by atoms with E-state index in [1.54, 1.807) is 19.3 Å². The van der Waals surface area contributed by atoms with Crippen LogP contribution in [0, 0.1) is 0 Å². The monoisotopic (exact) mass is 274 g/mol. The molecule has 2 aliphatic rings. The lowest BCUT2D eigenvalue weighted by molar-refractivity contribution is -0.142. The SMILES string of the molecule is COC1C=C(C=Cc2ccc3c(c2)OCO3)OC(=O)C1. The Balaban J connectivity index is 1.76. The summed E-state index contributed by atoms with van der Waals surface area (Å²) in [5.74, 6) is 1.66. The van der Waals surface area contributed by atoms with Crippen LogP contribution in [0.25, 0.3) is 6.08 Å². The van der Waals surface area contributed by atoms with Crippen molar-refractivity contribution in [3.05, 3.63) is 41.7 Å². The van der Waals surface area contributed by atoms with Crippen molar-refractivity contribution in [1.82, 2.24) is 0 Å². The molecule has 5 nitrogen and oxygen atoms in total. The summed E-state index contributed by atoms with van der Waals surface area (Å²) >= 11 is 0. The third kappa shape index (κ3) is 2.67. The number of allylic oxidation sites excluding steroid dienone is 1. The predicted octanol–water partition coefficient (Wildman–Crippen LogP) is 2.27. The van der Waals surface area contributed by atoms with Gasteiger partial charge in [-0.2, -0.15) is 0 Å². The third-order valence-electron chi connectivity index (χ3n) is 3.09. The predicted molar refractivity (Wildman–Crippen MR) is 71.2 cm³/mol. The largest absolute Gasteiger partial charge is 0.454 e. The van der Waals surface area contributed by atoms with E-state index in [1.165, 1.54) is 0 Å². The second kappa shape index (κ2) is 5.38. The quantitative estimate of drug-likeness (QED) is 0.791. The van der Waals surface area contributed by atoms with E-state index in [0.29, 0.717) is 5.76 Å².